The average Bonchev–Trinajstić information content (AvgIpc) is 3.37. The molecule has 9 heteroatoms. The molecule has 1 saturated heterocycles. The molecule has 3 heterocycles. The van der Waals surface area contributed by atoms with Gasteiger partial charge in [0.25, 0.3) is 5.91 Å². The van der Waals surface area contributed by atoms with Crippen LogP contribution in [0.25, 0.3) is 10.9 Å². The Hall–Kier alpha value is -3.04. The number of aromatic nitrogens is 1. The highest BCUT2D eigenvalue weighted by atomic mass is 32.2. The molecule has 4 nitrogen and oxygen atoms in total. The maximum Gasteiger partial charge on any atom is 0.416 e. The van der Waals surface area contributed by atoms with Gasteiger partial charge in [-0.15, -0.1) is 23.1 Å². The molecule has 0 saturated carbocycles. The molecule has 1 N–H and O–H groups in total. The standard InChI is InChI=1S/C26H22F3N3OS2/c27-26(28,29)18-5-8-21-22(9-12-30-23(21)16-18)31-19-6-3-17(4-7-19)25(33)32-13-10-20(11-14-32)35-24-2-1-15-34-24/h1-9,12,15-16,20H,10-11,13-14H2,(H,30,31). The van der Waals surface area contributed by atoms with Crippen molar-refractivity contribution in [2.24, 2.45) is 0 Å². The quantitative estimate of drug-likeness (QED) is 0.301. The first-order valence-electron chi connectivity index (χ1n) is 11.2. The first kappa shape index (κ1) is 23.7. The number of fused-ring (bicyclic) bond motifs is 1. The second-order valence-electron chi connectivity index (χ2n) is 8.33. The number of carbonyl (C=O) groups is 1. The molecule has 4 aromatic rings. The molecular weight excluding hydrogens is 491 g/mol. The molecule has 0 unspecified atom stereocenters. The minimum absolute atomic E-state index is 0.0187. The maximum atomic E-state index is 13.0. The zero-order valence-electron chi connectivity index (χ0n) is 18.6. The highest BCUT2D eigenvalue weighted by molar-refractivity contribution is 8.01. The number of hydrogen-bond donors (Lipinski definition) is 1. The molecular formula is C26H22F3N3OS2. The molecule has 0 bridgehead atoms. The van der Waals surface area contributed by atoms with Gasteiger partial charge in [-0.05, 0) is 66.8 Å². The van der Waals surface area contributed by atoms with Gasteiger partial charge in [0.05, 0.1) is 15.3 Å². The smallest absolute Gasteiger partial charge is 0.355 e. The summed E-state index contributed by atoms with van der Waals surface area (Å²) in [5.74, 6) is 0.0187. The van der Waals surface area contributed by atoms with E-state index in [0.717, 1.165) is 43.8 Å². The molecule has 1 aliphatic rings. The minimum Gasteiger partial charge on any atom is -0.355 e. The second kappa shape index (κ2) is 9.91. The normalized spacial score (nSPS) is 14.9. The summed E-state index contributed by atoms with van der Waals surface area (Å²) in [4.78, 5) is 19.0. The molecule has 180 valence electrons. The van der Waals surface area contributed by atoms with Crippen molar-refractivity contribution in [1.82, 2.24) is 9.88 Å². The van der Waals surface area contributed by atoms with Gasteiger partial charge in [-0.3, -0.25) is 9.78 Å². The summed E-state index contributed by atoms with van der Waals surface area (Å²) in [6.45, 7) is 1.48. The average molecular weight is 514 g/mol. The number of halogens is 3. The lowest BCUT2D eigenvalue weighted by atomic mass is 10.1. The number of piperidine rings is 1. The number of anilines is 2. The lowest BCUT2D eigenvalue weighted by Crippen LogP contribution is -2.39. The lowest BCUT2D eigenvalue weighted by Gasteiger charge is -2.31. The maximum absolute atomic E-state index is 13.0. The van der Waals surface area contributed by atoms with Crippen molar-refractivity contribution in [2.45, 2.75) is 28.5 Å². The van der Waals surface area contributed by atoms with E-state index < -0.39 is 11.7 Å². The summed E-state index contributed by atoms with van der Waals surface area (Å²) >= 11 is 3.65. The number of nitrogens with one attached hydrogen (secondary N) is 1. The monoisotopic (exact) mass is 513 g/mol. The number of carbonyl (C=O) groups excluding carboxylic acids is 1. The van der Waals surface area contributed by atoms with Crippen molar-refractivity contribution >= 4 is 51.3 Å². The molecule has 0 aliphatic carbocycles. The van der Waals surface area contributed by atoms with Crippen LogP contribution in [-0.2, 0) is 6.18 Å². The van der Waals surface area contributed by atoms with E-state index in [1.165, 1.54) is 16.5 Å². The highest BCUT2D eigenvalue weighted by Crippen LogP contribution is 2.35. The number of hydrogen-bond acceptors (Lipinski definition) is 5. The summed E-state index contributed by atoms with van der Waals surface area (Å²) in [5, 5.41) is 6.43. The Kier molecular flexibility index (Phi) is 6.71. The van der Waals surface area contributed by atoms with Gasteiger partial charge in [-0.25, -0.2) is 0 Å². The largest absolute Gasteiger partial charge is 0.416 e. The van der Waals surface area contributed by atoms with Crippen LogP contribution in [0.5, 0.6) is 0 Å². The van der Waals surface area contributed by atoms with Gasteiger partial charge in [0.1, 0.15) is 0 Å². The summed E-state index contributed by atoms with van der Waals surface area (Å²) in [7, 11) is 0. The number of benzene rings is 2. The van der Waals surface area contributed by atoms with E-state index in [9.17, 15) is 18.0 Å². The molecule has 5 rings (SSSR count). The fraction of sp³-hybridized carbons (Fsp3) is 0.231. The highest BCUT2D eigenvalue weighted by Gasteiger charge is 2.30. The number of amides is 1. The summed E-state index contributed by atoms with van der Waals surface area (Å²) in [5.41, 5.74) is 1.53. The minimum atomic E-state index is -4.42. The third-order valence-electron chi connectivity index (χ3n) is 5.99. The van der Waals surface area contributed by atoms with Crippen LogP contribution in [-0.4, -0.2) is 34.1 Å². The number of thiophene rings is 1. The predicted octanol–water partition coefficient (Wildman–Crippen LogP) is 7.46. The van der Waals surface area contributed by atoms with E-state index in [0.29, 0.717) is 21.9 Å². The second-order valence-corrected chi connectivity index (χ2v) is 10.9. The Morgan fingerprint density at radius 3 is 2.51 bits per heavy atom. The van der Waals surface area contributed by atoms with E-state index in [-0.39, 0.29) is 11.4 Å². The number of likely N-dealkylation sites (tertiary alicyclic amines) is 1. The van der Waals surface area contributed by atoms with Gasteiger partial charge in [0, 0.05) is 46.9 Å². The topological polar surface area (TPSA) is 45.2 Å². The fourth-order valence-electron chi connectivity index (χ4n) is 4.14. The Bertz CT molecular complexity index is 1320. The third-order valence-corrected chi connectivity index (χ3v) is 8.40. The van der Waals surface area contributed by atoms with Gasteiger partial charge in [0.15, 0.2) is 0 Å². The molecule has 1 amide bonds. The van der Waals surface area contributed by atoms with Gasteiger partial charge < -0.3 is 10.2 Å². The van der Waals surface area contributed by atoms with Crippen molar-refractivity contribution in [1.29, 1.82) is 0 Å². The Morgan fingerprint density at radius 1 is 1.06 bits per heavy atom. The van der Waals surface area contributed by atoms with Crippen molar-refractivity contribution in [3.8, 4) is 0 Å². The zero-order valence-corrected chi connectivity index (χ0v) is 20.2. The van der Waals surface area contributed by atoms with E-state index in [4.69, 9.17) is 0 Å². The SMILES string of the molecule is O=C(c1ccc(Nc2ccnc3cc(C(F)(F)F)ccc23)cc1)N1CCC(Sc2cccs2)CC1. The molecule has 1 fully saturated rings. The predicted molar refractivity (Wildman–Crippen MR) is 136 cm³/mol. The van der Waals surface area contributed by atoms with Gasteiger partial charge in [-0.1, -0.05) is 12.1 Å². The van der Waals surface area contributed by atoms with Gasteiger partial charge in [-0.2, -0.15) is 13.2 Å². The van der Waals surface area contributed by atoms with Crippen LogP contribution in [0.4, 0.5) is 24.5 Å². The van der Waals surface area contributed by atoms with Crippen molar-refractivity contribution in [3.05, 3.63) is 83.4 Å². The van der Waals surface area contributed by atoms with Gasteiger partial charge >= 0.3 is 6.18 Å². The van der Waals surface area contributed by atoms with E-state index >= 15 is 0 Å². The molecule has 0 radical (unpaired) electrons. The van der Waals surface area contributed by atoms with Crippen LogP contribution in [0.3, 0.4) is 0 Å². The summed E-state index contributed by atoms with van der Waals surface area (Å²) < 4.78 is 40.4. The van der Waals surface area contributed by atoms with Crippen LogP contribution < -0.4 is 5.32 Å². The number of thioether (sulfide) groups is 1. The number of rotatable bonds is 5. The van der Waals surface area contributed by atoms with Crippen molar-refractivity contribution < 1.29 is 18.0 Å². The Labute approximate surface area is 209 Å². The summed E-state index contributed by atoms with van der Waals surface area (Å²) in [6.07, 6.45) is -0.999. The first-order valence-corrected chi connectivity index (χ1v) is 13.0. The zero-order chi connectivity index (χ0) is 24.4. The molecule has 35 heavy (non-hydrogen) atoms. The van der Waals surface area contributed by atoms with Crippen LogP contribution in [0.2, 0.25) is 0 Å². The van der Waals surface area contributed by atoms with Crippen LogP contribution in [0.1, 0.15) is 28.8 Å². The van der Waals surface area contributed by atoms with Crippen LogP contribution in [0.15, 0.2) is 76.4 Å². The Morgan fingerprint density at radius 2 is 1.83 bits per heavy atom. The van der Waals surface area contributed by atoms with Crippen LogP contribution >= 0.6 is 23.1 Å². The fourth-order valence-corrected chi connectivity index (χ4v) is 6.32. The number of alkyl halides is 3. The van der Waals surface area contributed by atoms with E-state index in [2.05, 4.69) is 27.8 Å². The van der Waals surface area contributed by atoms with Gasteiger partial charge in [0.2, 0.25) is 0 Å². The van der Waals surface area contributed by atoms with Crippen molar-refractivity contribution in [3.63, 3.8) is 0 Å². The summed E-state index contributed by atoms with van der Waals surface area (Å²) in [6, 6.07) is 16.6. The third kappa shape index (κ3) is 5.46. The Balaban J connectivity index is 1.23. The molecule has 0 atom stereocenters. The number of pyridine rings is 1. The van der Waals surface area contributed by atoms with Crippen molar-refractivity contribution in [2.75, 3.05) is 18.4 Å². The van der Waals surface area contributed by atoms with E-state index in [1.54, 1.807) is 29.5 Å². The van der Waals surface area contributed by atoms with E-state index in [1.807, 2.05) is 28.8 Å². The molecule has 2 aromatic carbocycles. The molecule has 1 aliphatic heterocycles. The molecule has 2 aromatic heterocycles. The lowest BCUT2D eigenvalue weighted by molar-refractivity contribution is -0.137. The van der Waals surface area contributed by atoms with Crippen LogP contribution in [0, 0.1) is 0 Å². The molecule has 0 spiro atoms. The number of nitrogens with zero attached hydrogens (tertiary/aromatic N) is 2. The first-order chi connectivity index (χ1) is 16.9.